The van der Waals surface area contributed by atoms with E-state index >= 15 is 0 Å². The van der Waals surface area contributed by atoms with Crippen molar-refractivity contribution in [1.82, 2.24) is 19.9 Å². The minimum absolute atomic E-state index is 0.000586. The van der Waals surface area contributed by atoms with E-state index in [-0.39, 0.29) is 16.8 Å². The number of hydrogen-bond acceptors (Lipinski definition) is 4. The molecule has 0 spiro atoms. The van der Waals surface area contributed by atoms with Crippen LogP contribution in [0.4, 0.5) is 0 Å². The number of halogens is 2. The zero-order valence-electron chi connectivity index (χ0n) is 18.3. The van der Waals surface area contributed by atoms with E-state index in [0.717, 1.165) is 16.3 Å². The number of amides is 1. The van der Waals surface area contributed by atoms with Crippen LogP contribution in [0.25, 0.3) is 27.5 Å². The lowest BCUT2D eigenvalue weighted by atomic mass is 10.1. The predicted octanol–water partition coefficient (Wildman–Crippen LogP) is 5.51. The summed E-state index contributed by atoms with van der Waals surface area (Å²) in [7, 11) is 0. The molecule has 3 aromatic carbocycles. The van der Waals surface area contributed by atoms with Crippen LogP contribution in [0.3, 0.4) is 0 Å². The van der Waals surface area contributed by atoms with Gasteiger partial charge in [0.2, 0.25) is 0 Å². The molecular weight excluding hydrogens is 485 g/mol. The van der Waals surface area contributed by atoms with Gasteiger partial charge in [0, 0.05) is 15.6 Å². The number of nitriles is 1. The van der Waals surface area contributed by atoms with Gasteiger partial charge in [-0.25, -0.2) is 4.52 Å². The Labute approximate surface area is 209 Å². The number of hydrogen-bond donors (Lipinski definition) is 2. The van der Waals surface area contributed by atoms with Crippen molar-refractivity contribution in [1.29, 1.82) is 5.26 Å². The van der Waals surface area contributed by atoms with Gasteiger partial charge in [-0.15, -0.1) is 0 Å². The maximum absolute atomic E-state index is 13.0. The highest BCUT2D eigenvalue weighted by Gasteiger charge is 2.24. The van der Waals surface area contributed by atoms with Crippen LogP contribution in [0.2, 0.25) is 10.0 Å². The smallest absolute Gasteiger partial charge is 0.275 e. The molecule has 5 aromatic rings. The van der Waals surface area contributed by atoms with E-state index in [9.17, 15) is 14.9 Å². The van der Waals surface area contributed by atoms with Crippen LogP contribution in [0.1, 0.15) is 34.6 Å². The Morgan fingerprint density at radius 3 is 2.63 bits per heavy atom. The average Bonchev–Trinajstić information content (AvgIpc) is 3.23. The number of carbonyl (C=O) groups is 1. The van der Waals surface area contributed by atoms with Crippen molar-refractivity contribution in [3.63, 3.8) is 0 Å². The first-order valence-corrected chi connectivity index (χ1v) is 11.4. The highest BCUT2D eigenvalue weighted by atomic mass is 35.5. The van der Waals surface area contributed by atoms with Crippen LogP contribution in [0, 0.1) is 11.3 Å². The molecule has 0 saturated heterocycles. The van der Waals surface area contributed by atoms with Gasteiger partial charge in [0.1, 0.15) is 17.1 Å². The molecule has 35 heavy (non-hydrogen) atoms. The monoisotopic (exact) mass is 501 g/mol. The Bertz CT molecular complexity index is 1730. The molecule has 5 rings (SSSR count). The predicted molar refractivity (Wildman–Crippen MR) is 136 cm³/mol. The maximum Gasteiger partial charge on any atom is 0.275 e. The zero-order valence-corrected chi connectivity index (χ0v) is 19.9. The number of aromatic amines is 1. The van der Waals surface area contributed by atoms with Crippen LogP contribution in [-0.4, -0.2) is 20.5 Å². The second kappa shape index (κ2) is 8.91. The molecule has 0 aliphatic carbocycles. The van der Waals surface area contributed by atoms with Gasteiger partial charge in [0.15, 0.2) is 5.69 Å². The van der Waals surface area contributed by atoms with Crippen LogP contribution in [0.5, 0.6) is 0 Å². The van der Waals surface area contributed by atoms with Crippen molar-refractivity contribution < 1.29 is 4.79 Å². The molecule has 0 radical (unpaired) electrons. The lowest BCUT2D eigenvalue weighted by Gasteiger charge is -2.15. The molecule has 2 N–H and O–H groups in total. The van der Waals surface area contributed by atoms with Gasteiger partial charge < -0.3 is 10.3 Å². The highest BCUT2D eigenvalue weighted by molar-refractivity contribution is 6.35. The van der Waals surface area contributed by atoms with Crippen LogP contribution >= 0.6 is 23.2 Å². The van der Waals surface area contributed by atoms with E-state index in [0.29, 0.717) is 21.3 Å². The van der Waals surface area contributed by atoms with Crippen molar-refractivity contribution in [2.24, 2.45) is 0 Å². The van der Waals surface area contributed by atoms with E-state index in [4.69, 9.17) is 23.2 Å². The molecule has 1 atom stereocenters. The van der Waals surface area contributed by atoms with Crippen LogP contribution < -0.4 is 10.9 Å². The number of benzene rings is 3. The minimum Gasteiger partial charge on any atom is -0.344 e. The summed E-state index contributed by atoms with van der Waals surface area (Å²) in [6, 6.07) is 20.1. The first kappa shape index (κ1) is 22.7. The number of fused-ring (bicyclic) bond motifs is 2. The zero-order chi connectivity index (χ0) is 24.7. The van der Waals surface area contributed by atoms with Crippen molar-refractivity contribution in [2.75, 3.05) is 0 Å². The molecule has 2 heterocycles. The third kappa shape index (κ3) is 4.14. The van der Waals surface area contributed by atoms with Gasteiger partial charge in [0.05, 0.1) is 17.9 Å². The molecular formula is C26H17Cl2N5O2. The number of nitrogens with one attached hydrogen (secondary N) is 2. The number of nitrogens with zero attached hydrogens (tertiary/aromatic N) is 3. The molecule has 0 saturated carbocycles. The summed E-state index contributed by atoms with van der Waals surface area (Å²) in [5.41, 5.74) is 1.16. The lowest BCUT2D eigenvalue weighted by Crippen LogP contribution is -2.27. The maximum atomic E-state index is 13.0. The Kier molecular flexibility index (Phi) is 5.77. The topological polar surface area (TPSA) is 103 Å². The largest absolute Gasteiger partial charge is 0.344 e. The van der Waals surface area contributed by atoms with Crippen molar-refractivity contribution in [3.05, 3.63) is 104 Å². The van der Waals surface area contributed by atoms with Gasteiger partial charge in [-0.3, -0.25) is 9.59 Å². The minimum atomic E-state index is -0.601. The van der Waals surface area contributed by atoms with Crippen molar-refractivity contribution in [2.45, 2.75) is 13.0 Å². The first-order chi connectivity index (χ1) is 16.9. The summed E-state index contributed by atoms with van der Waals surface area (Å²) in [6.45, 7) is 1.75. The standard InChI is InChI=1S/C26H17Cl2N5O2/c1-14(19-9-8-18(27)11-21(19)28)30-25(34)23-20(12-29)24-26(35)31-22(13-33(24)32-23)17-7-6-15-4-2-3-5-16(15)10-17/h2-11,13-14H,1H3,(H,30,34)(H,31,35). The molecule has 0 bridgehead atoms. The second-order valence-corrected chi connectivity index (χ2v) is 8.89. The number of H-pyrrole nitrogens is 1. The van der Waals surface area contributed by atoms with Crippen molar-refractivity contribution >= 4 is 45.4 Å². The fraction of sp³-hybridized carbons (Fsp3) is 0.0769. The van der Waals surface area contributed by atoms with Crippen LogP contribution in [-0.2, 0) is 0 Å². The molecule has 1 unspecified atom stereocenters. The molecule has 2 aromatic heterocycles. The summed E-state index contributed by atoms with van der Waals surface area (Å²) < 4.78 is 1.27. The molecule has 0 aliphatic rings. The molecule has 9 heteroatoms. The Balaban J connectivity index is 1.54. The quantitative estimate of drug-likeness (QED) is 0.338. The van der Waals surface area contributed by atoms with Gasteiger partial charge in [-0.1, -0.05) is 65.7 Å². The second-order valence-electron chi connectivity index (χ2n) is 8.05. The Morgan fingerprint density at radius 2 is 1.89 bits per heavy atom. The number of rotatable bonds is 4. The average molecular weight is 502 g/mol. The first-order valence-electron chi connectivity index (χ1n) is 10.7. The summed E-state index contributed by atoms with van der Waals surface area (Å²) in [5.74, 6) is -0.601. The highest BCUT2D eigenvalue weighted by Crippen LogP contribution is 2.27. The fourth-order valence-electron chi connectivity index (χ4n) is 4.05. The van der Waals surface area contributed by atoms with Gasteiger partial charge in [-0.05, 0) is 41.5 Å². The summed E-state index contributed by atoms with van der Waals surface area (Å²) >= 11 is 12.2. The number of aromatic nitrogens is 3. The van der Waals surface area contributed by atoms with Gasteiger partial charge in [-0.2, -0.15) is 10.4 Å². The third-order valence-electron chi connectivity index (χ3n) is 5.79. The van der Waals surface area contributed by atoms with Gasteiger partial charge >= 0.3 is 0 Å². The summed E-state index contributed by atoms with van der Waals surface area (Å²) in [6.07, 6.45) is 1.60. The summed E-state index contributed by atoms with van der Waals surface area (Å²) in [4.78, 5) is 28.8. The van der Waals surface area contributed by atoms with E-state index in [1.54, 1.807) is 31.3 Å². The van der Waals surface area contributed by atoms with E-state index in [2.05, 4.69) is 15.4 Å². The molecule has 1 amide bonds. The Hall–Kier alpha value is -4.12. The van der Waals surface area contributed by atoms with Crippen molar-refractivity contribution in [3.8, 4) is 17.3 Å². The van der Waals surface area contributed by atoms with E-state index in [1.165, 1.54) is 4.52 Å². The summed E-state index contributed by atoms with van der Waals surface area (Å²) in [5, 5.41) is 19.8. The van der Waals surface area contributed by atoms with E-state index in [1.807, 2.05) is 48.5 Å². The molecule has 0 aliphatic heterocycles. The van der Waals surface area contributed by atoms with Gasteiger partial charge in [0.25, 0.3) is 11.5 Å². The third-order valence-corrected chi connectivity index (χ3v) is 6.35. The Morgan fingerprint density at radius 1 is 1.11 bits per heavy atom. The SMILES string of the molecule is CC(NC(=O)c1nn2cc(-c3ccc4ccccc4c3)[nH]c(=O)c2c1C#N)c1ccc(Cl)cc1Cl. The number of carbonyl (C=O) groups excluding carboxylic acids is 1. The molecule has 7 nitrogen and oxygen atoms in total. The molecule has 172 valence electrons. The normalized spacial score (nSPS) is 11.9. The fourth-order valence-corrected chi connectivity index (χ4v) is 4.62. The van der Waals surface area contributed by atoms with E-state index < -0.39 is 17.5 Å². The van der Waals surface area contributed by atoms with Crippen LogP contribution in [0.15, 0.2) is 71.7 Å². The molecule has 0 fully saturated rings. The lowest BCUT2D eigenvalue weighted by molar-refractivity contribution is 0.0934.